The summed E-state index contributed by atoms with van der Waals surface area (Å²) >= 11 is 0. The van der Waals surface area contributed by atoms with Crippen molar-refractivity contribution in [2.75, 3.05) is 39.6 Å². The Morgan fingerprint density at radius 2 is 1.84 bits per heavy atom. The van der Waals surface area contributed by atoms with Crippen LogP contribution in [-0.2, 0) is 39.8 Å². The predicted octanol–water partition coefficient (Wildman–Crippen LogP) is 3.74. The summed E-state index contributed by atoms with van der Waals surface area (Å²) in [5.74, 6) is -3.00. The second-order valence-corrected chi connectivity index (χ2v) is 17.0. The average Bonchev–Trinajstić information content (AvgIpc) is 3.16. The molecule has 2 bridgehead atoms. The molecule has 0 aliphatic carbocycles. The average molecular weight is 805 g/mol. The molecule has 1 amide bonds. The summed E-state index contributed by atoms with van der Waals surface area (Å²) in [4.78, 5) is 32.7. The van der Waals surface area contributed by atoms with Crippen LogP contribution >= 0.6 is 0 Å². The summed E-state index contributed by atoms with van der Waals surface area (Å²) < 4.78 is 38.1. The van der Waals surface area contributed by atoms with E-state index in [1.807, 2.05) is 52.8 Å². The normalized spacial score (nSPS) is 39.4. The number of nitrogen functional groups attached to an aromatic ring is 1. The highest BCUT2D eigenvalue weighted by Crippen LogP contribution is 2.43. The molecular formula is C42H68N4O11. The largest absolute Gasteiger partial charge is 0.459 e. The Labute approximate surface area is 338 Å². The molecule has 0 saturated carbocycles. The number of aliphatic hydroxyl groups is 3. The van der Waals surface area contributed by atoms with E-state index < -0.39 is 77.8 Å². The first-order chi connectivity index (χ1) is 26.7. The lowest BCUT2D eigenvalue weighted by atomic mass is 9.72. The maximum absolute atomic E-state index is 13.9. The standard InChI is InChI=1S/C42H68N4O11/c1-12-32-42(9,51)37-26(5)30(14-16-52-40(50)45-20-29-13-15-44-33(43)18-29)24(3)19-41(8,54-22-23(2)21-53-37)36(27(6)34(47)28(7)38(49)56-32)57-39-35(48)31(46(10)11)17-25(4)55-39/h13-15,18,24-28,31-32,34-37,39,47-48,51H,2,12,16-17,19-22H2,1,3-11H3,(H2,43,44)(H,45,50)/b30-14+/t24-,25-,26+,27+,28-,31+,32-,34+,35-,36-,37?,39?,41-,42-/m1/s1. The van der Waals surface area contributed by atoms with Crippen molar-refractivity contribution < 1.29 is 53.3 Å². The summed E-state index contributed by atoms with van der Waals surface area (Å²) in [5.41, 5.74) is 4.99. The van der Waals surface area contributed by atoms with Crippen LogP contribution in [0.3, 0.4) is 0 Å². The van der Waals surface area contributed by atoms with Gasteiger partial charge in [0.2, 0.25) is 0 Å². The first-order valence-electron chi connectivity index (χ1n) is 20.2. The lowest BCUT2D eigenvalue weighted by molar-refractivity contribution is -0.303. The number of ether oxygens (including phenoxy) is 6. The van der Waals surface area contributed by atoms with E-state index in [1.165, 1.54) is 0 Å². The number of pyridine rings is 1. The number of esters is 1. The number of anilines is 1. The Morgan fingerprint density at radius 1 is 1.14 bits per heavy atom. The number of alkyl carbamates (subject to hydrolysis) is 1. The molecule has 3 saturated heterocycles. The minimum Gasteiger partial charge on any atom is -0.459 e. The van der Waals surface area contributed by atoms with Crippen LogP contribution in [0.15, 0.2) is 42.1 Å². The molecule has 3 fully saturated rings. The van der Waals surface area contributed by atoms with Gasteiger partial charge in [-0.3, -0.25) is 4.79 Å². The highest BCUT2D eigenvalue weighted by Gasteiger charge is 2.52. The van der Waals surface area contributed by atoms with Crippen LogP contribution in [0.5, 0.6) is 0 Å². The van der Waals surface area contributed by atoms with Gasteiger partial charge in [0.05, 0.1) is 49.1 Å². The van der Waals surface area contributed by atoms with Crippen molar-refractivity contribution in [3.8, 4) is 0 Å². The monoisotopic (exact) mass is 804 g/mol. The molecule has 2 unspecified atom stereocenters. The number of cyclic esters (lactones) is 1. The van der Waals surface area contributed by atoms with Gasteiger partial charge in [0, 0.05) is 30.6 Å². The zero-order valence-corrected chi connectivity index (χ0v) is 35.5. The van der Waals surface area contributed by atoms with Crippen LogP contribution in [0.4, 0.5) is 10.6 Å². The molecule has 3 aliphatic heterocycles. The fourth-order valence-electron chi connectivity index (χ4n) is 8.82. The van der Waals surface area contributed by atoms with E-state index in [2.05, 4.69) is 16.9 Å². The van der Waals surface area contributed by atoms with Crippen molar-refractivity contribution in [2.45, 2.75) is 141 Å². The summed E-state index contributed by atoms with van der Waals surface area (Å²) in [6, 6.07) is 3.13. The highest BCUT2D eigenvalue weighted by molar-refractivity contribution is 5.73. The number of nitrogens with one attached hydrogen (secondary N) is 1. The Bertz CT molecular complexity index is 1560. The highest BCUT2D eigenvalue weighted by atomic mass is 16.7. The SMILES string of the molecule is C=C1COC2[C@@H](C)/C(=C/COC(=O)NCc3ccnc(N)c3)[C@H](C)C[C@@](C)(OC1)[C@H](OC1O[C@H](C)C[C@H](N(C)C)[C@H]1O)[C@@H](C)[C@H](O)[C@@H](C)C(=O)O[C@H](CC)[C@@]2(C)O. The van der Waals surface area contributed by atoms with Gasteiger partial charge in [-0.05, 0) is 96.3 Å². The van der Waals surface area contributed by atoms with E-state index >= 15 is 0 Å². The predicted molar refractivity (Wildman–Crippen MR) is 214 cm³/mol. The molecular weight excluding hydrogens is 736 g/mol. The molecule has 15 heteroatoms. The Balaban J connectivity index is 1.81. The van der Waals surface area contributed by atoms with Crippen LogP contribution in [-0.4, -0.2) is 131 Å². The minimum absolute atomic E-state index is 0.0122. The Hall–Kier alpha value is -3.15. The van der Waals surface area contributed by atoms with Gasteiger partial charge >= 0.3 is 12.1 Å². The number of hydrogen-bond acceptors (Lipinski definition) is 14. The van der Waals surface area contributed by atoms with Gasteiger partial charge in [0.15, 0.2) is 6.29 Å². The molecule has 1 aromatic heterocycles. The number of fused-ring (bicyclic) bond motifs is 5. The zero-order chi connectivity index (χ0) is 42.4. The molecule has 4 rings (SSSR count). The molecule has 0 spiro atoms. The van der Waals surface area contributed by atoms with E-state index in [1.54, 1.807) is 46.0 Å². The van der Waals surface area contributed by atoms with Gasteiger partial charge in [-0.25, -0.2) is 9.78 Å². The number of hydrogen-bond donors (Lipinski definition) is 5. The smallest absolute Gasteiger partial charge is 0.407 e. The van der Waals surface area contributed by atoms with Gasteiger partial charge in [0.1, 0.15) is 30.2 Å². The lowest BCUT2D eigenvalue weighted by Gasteiger charge is -2.48. The first kappa shape index (κ1) is 46.5. The maximum Gasteiger partial charge on any atom is 0.407 e. The van der Waals surface area contributed by atoms with Crippen molar-refractivity contribution in [1.82, 2.24) is 15.2 Å². The van der Waals surface area contributed by atoms with E-state index in [-0.39, 0.29) is 50.8 Å². The van der Waals surface area contributed by atoms with E-state index in [9.17, 15) is 24.9 Å². The fourth-order valence-corrected chi connectivity index (χ4v) is 8.82. The first-order valence-corrected chi connectivity index (χ1v) is 20.2. The topological polar surface area (TPSA) is 204 Å². The summed E-state index contributed by atoms with van der Waals surface area (Å²) in [5, 5.41) is 38.7. The van der Waals surface area contributed by atoms with E-state index in [0.717, 1.165) is 11.1 Å². The van der Waals surface area contributed by atoms with Crippen molar-refractivity contribution >= 4 is 17.9 Å². The van der Waals surface area contributed by atoms with Gasteiger partial charge in [-0.2, -0.15) is 0 Å². The quantitative estimate of drug-likeness (QED) is 0.188. The van der Waals surface area contributed by atoms with Crippen LogP contribution in [0, 0.1) is 23.7 Å². The molecule has 0 radical (unpaired) electrons. The van der Waals surface area contributed by atoms with Crippen LogP contribution in [0.2, 0.25) is 0 Å². The maximum atomic E-state index is 13.9. The van der Waals surface area contributed by atoms with Crippen LogP contribution in [0.1, 0.15) is 80.2 Å². The van der Waals surface area contributed by atoms with E-state index in [0.29, 0.717) is 24.2 Å². The molecule has 0 aromatic carbocycles. The van der Waals surface area contributed by atoms with Crippen LogP contribution < -0.4 is 11.1 Å². The molecule has 6 N–H and O–H groups in total. The number of likely N-dealkylation sites (N-methyl/N-ethyl adjacent to an activating group) is 1. The Morgan fingerprint density at radius 3 is 2.49 bits per heavy atom. The van der Waals surface area contributed by atoms with Gasteiger partial charge in [-0.15, -0.1) is 0 Å². The molecule has 322 valence electrons. The van der Waals surface area contributed by atoms with Gasteiger partial charge in [0.25, 0.3) is 0 Å². The number of carbonyl (C=O) groups is 2. The molecule has 4 heterocycles. The fraction of sp³-hybridized carbons (Fsp3) is 0.738. The van der Waals surface area contributed by atoms with Crippen molar-refractivity contribution in [3.05, 3.63) is 47.7 Å². The van der Waals surface area contributed by atoms with Crippen molar-refractivity contribution in [1.29, 1.82) is 0 Å². The van der Waals surface area contributed by atoms with Gasteiger partial charge < -0.3 is 59.7 Å². The zero-order valence-electron chi connectivity index (χ0n) is 35.5. The second-order valence-electron chi connectivity index (χ2n) is 17.0. The summed E-state index contributed by atoms with van der Waals surface area (Å²) in [6.07, 6.45) is -2.71. The number of aliphatic hydroxyl groups excluding tert-OH is 2. The third-order valence-electron chi connectivity index (χ3n) is 12.1. The molecule has 15 nitrogen and oxygen atoms in total. The van der Waals surface area contributed by atoms with Crippen molar-refractivity contribution in [2.24, 2.45) is 23.7 Å². The number of nitrogens with zero attached hydrogens (tertiary/aromatic N) is 2. The number of nitrogens with two attached hydrogens (primary N) is 1. The number of rotatable bonds is 8. The summed E-state index contributed by atoms with van der Waals surface area (Å²) in [6.45, 7) is 18.9. The summed E-state index contributed by atoms with van der Waals surface area (Å²) in [7, 11) is 3.78. The number of amides is 1. The third-order valence-corrected chi connectivity index (χ3v) is 12.1. The van der Waals surface area contributed by atoms with Gasteiger partial charge in [-0.1, -0.05) is 39.8 Å². The molecule has 3 aliphatic rings. The van der Waals surface area contributed by atoms with Crippen LogP contribution in [0.25, 0.3) is 0 Å². The lowest BCUT2D eigenvalue weighted by Crippen LogP contribution is -2.60. The molecule has 14 atom stereocenters. The number of aromatic nitrogens is 1. The second kappa shape index (κ2) is 19.7. The molecule has 1 aromatic rings. The Kier molecular flexibility index (Phi) is 16.1. The minimum atomic E-state index is -1.72. The third kappa shape index (κ3) is 11.3. The van der Waals surface area contributed by atoms with E-state index in [4.69, 9.17) is 34.2 Å². The number of carbonyl (C=O) groups excluding carboxylic acids is 2. The van der Waals surface area contributed by atoms with Crippen molar-refractivity contribution in [3.63, 3.8) is 0 Å². The molecule has 57 heavy (non-hydrogen) atoms.